The Balaban J connectivity index is 1.47. The van der Waals surface area contributed by atoms with Crippen LogP contribution in [-0.2, 0) is 9.53 Å². The van der Waals surface area contributed by atoms with Gasteiger partial charge >= 0.3 is 0 Å². The molecule has 0 atom stereocenters. The third kappa shape index (κ3) is 2.69. The number of nitrogens with two attached hydrogens (primary N) is 1. The van der Waals surface area contributed by atoms with Gasteiger partial charge in [-0.2, -0.15) is 0 Å². The zero-order valence-corrected chi connectivity index (χ0v) is 8.42. The van der Waals surface area contributed by atoms with Gasteiger partial charge in [-0.05, 0) is 31.6 Å². The second-order valence-corrected chi connectivity index (χ2v) is 4.43. The minimum absolute atomic E-state index is 0.0208. The fraction of sp³-hybridized carbons (Fsp3) is 0.900. The van der Waals surface area contributed by atoms with E-state index in [1.807, 2.05) is 0 Å². The molecule has 0 aromatic rings. The van der Waals surface area contributed by atoms with Crippen LogP contribution < -0.4 is 11.1 Å². The molecule has 2 aliphatic rings. The highest BCUT2D eigenvalue weighted by Gasteiger charge is 2.45. The first-order chi connectivity index (χ1) is 6.71. The lowest BCUT2D eigenvalue weighted by atomic mass is 10.3. The second kappa shape index (κ2) is 3.87. The fourth-order valence-corrected chi connectivity index (χ4v) is 1.31. The zero-order valence-electron chi connectivity index (χ0n) is 8.42. The minimum Gasteiger partial charge on any atom is -0.379 e. The van der Waals surface area contributed by atoms with Crippen molar-refractivity contribution in [1.82, 2.24) is 5.32 Å². The van der Waals surface area contributed by atoms with Crippen molar-refractivity contribution >= 4 is 5.91 Å². The van der Waals surface area contributed by atoms with Crippen LogP contribution in [-0.4, -0.2) is 31.2 Å². The quantitative estimate of drug-likeness (QED) is 0.591. The van der Waals surface area contributed by atoms with E-state index in [-0.39, 0.29) is 5.91 Å². The Morgan fingerprint density at radius 1 is 1.50 bits per heavy atom. The standard InChI is InChI=1S/C10H18N2O2/c11-10(3-4-10)9(13)12-5-6-14-7-8-1-2-8/h8H,1-7,11H2,(H,12,13). The Morgan fingerprint density at radius 3 is 2.79 bits per heavy atom. The molecule has 0 unspecified atom stereocenters. The topological polar surface area (TPSA) is 64.4 Å². The summed E-state index contributed by atoms with van der Waals surface area (Å²) in [4.78, 5) is 11.3. The Bertz CT molecular complexity index is 222. The lowest BCUT2D eigenvalue weighted by molar-refractivity contribution is -0.123. The average molecular weight is 198 g/mol. The molecule has 0 heterocycles. The van der Waals surface area contributed by atoms with Crippen molar-refractivity contribution < 1.29 is 9.53 Å². The number of hydrogen-bond acceptors (Lipinski definition) is 3. The van der Waals surface area contributed by atoms with Crippen LogP contribution in [0.2, 0.25) is 0 Å². The number of ether oxygens (including phenoxy) is 1. The summed E-state index contributed by atoms with van der Waals surface area (Å²) in [5.74, 6) is 0.766. The van der Waals surface area contributed by atoms with E-state index in [2.05, 4.69) is 5.32 Å². The lowest BCUT2D eigenvalue weighted by Crippen LogP contribution is -2.43. The van der Waals surface area contributed by atoms with E-state index in [1.54, 1.807) is 0 Å². The van der Waals surface area contributed by atoms with Gasteiger partial charge in [0.2, 0.25) is 5.91 Å². The summed E-state index contributed by atoms with van der Waals surface area (Å²) in [7, 11) is 0. The third-order valence-electron chi connectivity index (χ3n) is 2.82. The molecule has 2 saturated carbocycles. The van der Waals surface area contributed by atoms with Crippen LogP contribution >= 0.6 is 0 Å². The molecule has 4 heteroatoms. The predicted octanol–water partition coefficient (Wildman–Crippen LogP) is 0.0205. The van der Waals surface area contributed by atoms with Crippen molar-refractivity contribution in [2.24, 2.45) is 11.7 Å². The van der Waals surface area contributed by atoms with Crippen LogP contribution in [0.4, 0.5) is 0 Å². The van der Waals surface area contributed by atoms with Crippen LogP contribution in [0.3, 0.4) is 0 Å². The van der Waals surface area contributed by atoms with Crippen molar-refractivity contribution in [2.45, 2.75) is 31.2 Å². The van der Waals surface area contributed by atoms with Crippen molar-refractivity contribution in [3.63, 3.8) is 0 Å². The largest absolute Gasteiger partial charge is 0.379 e. The van der Waals surface area contributed by atoms with E-state index in [0.717, 1.165) is 25.4 Å². The predicted molar refractivity (Wildman–Crippen MR) is 52.7 cm³/mol. The molecule has 2 rings (SSSR count). The van der Waals surface area contributed by atoms with Crippen molar-refractivity contribution in [3.8, 4) is 0 Å². The zero-order chi connectivity index (χ0) is 10.0. The van der Waals surface area contributed by atoms with Gasteiger partial charge in [0.15, 0.2) is 0 Å². The number of nitrogens with one attached hydrogen (secondary N) is 1. The number of amides is 1. The Labute approximate surface area is 84.2 Å². The maximum atomic E-state index is 11.3. The van der Waals surface area contributed by atoms with Gasteiger partial charge in [0.05, 0.1) is 12.1 Å². The second-order valence-electron chi connectivity index (χ2n) is 4.43. The fourth-order valence-electron chi connectivity index (χ4n) is 1.31. The third-order valence-corrected chi connectivity index (χ3v) is 2.82. The van der Waals surface area contributed by atoms with Crippen molar-refractivity contribution in [3.05, 3.63) is 0 Å². The molecule has 0 aromatic carbocycles. The molecule has 0 aliphatic heterocycles. The maximum absolute atomic E-state index is 11.3. The number of hydrogen-bond donors (Lipinski definition) is 2. The monoisotopic (exact) mass is 198 g/mol. The molecule has 0 spiro atoms. The van der Waals surface area contributed by atoms with Gasteiger partial charge in [-0.3, -0.25) is 4.79 Å². The molecule has 3 N–H and O–H groups in total. The SMILES string of the molecule is NC1(C(=O)NCCOCC2CC2)CC1. The highest BCUT2D eigenvalue weighted by molar-refractivity contribution is 5.88. The van der Waals surface area contributed by atoms with Gasteiger partial charge in [0.25, 0.3) is 0 Å². The Morgan fingerprint density at radius 2 is 2.21 bits per heavy atom. The van der Waals surface area contributed by atoms with E-state index in [1.165, 1.54) is 12.8 Å². The van der Waals surface area contributed by atoms with Gasteiger partial charge in [-0.15, -0.1) is 0 Å². The summed E-state index contributed by atoms with van der Waals surface area (Å²) in [6, 6.07) is 0. The van der Waals surface area contributed by atoms with Crippen LogP contribution in [0, 0.1) is 5.92 Å². The summed E-state index contributed by atoms with van der Waals surface area (Å²) < 4.78 is 5.39. The van der Waals surface area contributed by atoms with Crippen LogP contribution in [0.1, 0.15) is 25.7 Å². The Kier molecular flexibility index (Phi) is 2.74. The first-order valence-electron chi connectivity index (χ1n) is 5.36. The normalized spacial score (nSPS) is 23.2. The molecule has 0 saturated heterocycles. The van der Waals surface area contributed by atoms with Crippen LogP contribution in [0.25, 0.3) is 0 Å². The highest BCUT2D eigenvalue weighted by atomic mass is 16.5. The molecule has 2 aliphatic carbocycles. The van der Waals surface area contributed by atoms with Gasteiger partial charge in [-0.25, -0.2) is 0 Å². The van der Waals surface area contributed by atoms with E-state index < -0.39 is 5.54 Å². The Hall–Kier alpha value is -0.610. The molecular formula is C10H18N2O2. The molecule has 0 bridgehead atoms. The molecule has 2 fully saturated rings. The summed E-state index contributed by atoms with van der Waals surface area (Å²) >= 11 is 0. The van der Waals surface area contributed by atoms with E-state index in [0.29, 0.717) is 13.2 Å². The van der Waals surface area contributed by atoms with Crippen molar-refractivity contribution in [2.75, 3.05) is 19.8 Å². The molecule has 0 aromatic heterocycles. The molecule has 80 valence electrons. The minimum atomic E-state index is -0.545. The molecule has 14 heavy (non-hydrogen) atoms. The molecule has 4 nitrogen and oxygen atoms in total. The summed E-state index contributed by atoms with van der Waals surface area (Å²) in [5, 5.41) is 2.79. The van der Waals surface area contributed by atoms with E-state index >= 15 is 0 Å². The summed E-state index contributed by atoms with van der Waals surface area (Å²) in [6.45, 7) is 2.05. The van der Waals surface area contributed by atoms with Gasteiger partial charge in [-0.1, -0.05) is 0 Å². The number of rotatable bonds is 6. The first kappa shape index (κ1) is 9.93. The highest BCUT2D eigenvalue weighted by Crippen LogP contribution is 2.32. The molecule has 0 radical (unpaired) electrons. The number of carbonyl (C=O) groups excluding carboxylic acids is 1. The van der Waals surface area contributed by atoms with E-state index in [9.17, 15) is 4.79 Å². The van der Waals surface area contributed by atoms with Crippen LogP contribution in [0.15, 0.2) is 0 Å². The first-order valence-corrected chi connectivity index (χ1v) is 5.36. The molecular weight excluding hydrogens is 180 g/mol. The smallest absolute Gasteiger partial charge is 0.240 e. The van der Waals surface area contributed by atoms with Gasteiger partial charge in [0.1, 0.15) is 0 Å². The van der Waals surface area contributed by atoms with Gasteiger partial charge < -0.3 is 15.8 Å². The maximum Gasteiger partial charge on any atom is 0.240 e. The van der Waals surface area contributed by atoms with Gasteiger partial charge in [0, 0.05) is 13.2 Å². The van der Waals surface area contributed by atoms with E-state index in [4.69, 9.17) is 10.5 Å². The van der Waals surface area contributed by atoms with Crippen LogP contribution in [0.5, 0.6) is 0 Å². The average Bonchev–Trinajstić information content (AvgIpc) is 3.01. The summed E-state index contributed by atoms with van der Waals surface area (Å²) in [5.41, 5.74) is 5.17. The lowest BCUT2D eigenvalue weighted by Gasteiger charge is -2.09. The van der Waals surface area contributed by atoms with Crippen molar-refractivity contribution in [1.29, 1.82) is 0 Å². The summed E-state index contributed by atoms with van der Waals surface area (Å²) in [6.07, 6.45) is 4.25. The molecule has 1 amide bonds. The number of carbonyl (C=O) groups is 1.